The highest BCUT2D eigenvalue weighted by molar-refractivity contribution is 9.10. The number of hydrogen-bond donors (Lipinski definition) is 1. The second-order valence-corrected chi connectivity index (χ2v) is 6.25. The molecule has 1 fully saturated rings. The Balaban J connectivity index is 2.18. The Kier molecular flexibility index (Phi) is 4.63. The number of nitrogens with two attached hydrogens (primary N) is 1. The number of aryl methyl sites for hydroxylation is 1. The highest BCUT2D eigenvalue weighted by atomic mass is 79.9. The van der Waals surface area contributed by atoms with Crippen molar-refractivity contribution >= 4 is 21.8 Å². The van der Waals surface area contributed by atoms with Gasteiger partial charge in [-0.15, -0.1) is 0 Å². The summed E-state index contributed by atoms with van der Waals surface area (Å²) in [5, 5.41) is 0. The van der Waals surface area contributed by atoms with E-state index in [0.29, 0.717) is 5.92 Å². The molecule has 1 aromatic carbocycles. The third-order valence-electron chi connectivity index (χ3n) is 4.03. The summed E-state index contributed by atoms with van der Waals surface area (Å²) in [5.41, 5.74) is 7.91. The molecule has 2 atom stereocenters. The van der Waals surface area contributed by atoms with Crippen LogP contribution < -0.4 is 5.73 Å². The molecule has 2 N–H and O–H groups in total. The molecule has 2 rings (SSSR count). The first-order chi connectivity index (χ1) is 9.02. The van der Waals surface area contributed by atoms with Gasteiger partial charge in [0.25, 0.3) is 5.91 Å². The van der Waals surface area contributed by atoms with Gasteiger partial charge in [-0.25, -0.2) is 0 Å². The molecule has 3 nitrogen and oxygen atoms in total. The van der Waals surface area contributed by atoms with Gasteiger partial charge in [-0.05, 0) is 37.0 Å². The van der Waals surface area contributed by atoms with Crippen LogP contribution in [-0.4, -0.2) is 29.9 Å². The SMILES string of the molecule is CCC1CN(C(=O)c2cc(Br)ccc2C)CCC1N. The number of benzene rings is 1. The minimum atomic E-state index is 0.129. The predicted molar refractivity (Wildman–Crippen MR) is 81.2 cm³/mol. The van der Waals surface area contributed by atoms with Crippen LogP contribution in [0.3, 0.4) is 0 Å². The number of amides is 1. The molecular formula is C15H21BrN2O. The van der Waals surface area contributed by atoms with Gasteiger partial charge in [0, 0.05) is 29.2 Å². The van der Waals surface area contributed by atoms with Crippen LogP contribution in [0.2, 0.25) is 0 Å². The van der Waals surface area contributed by atoms with E-state index in [1.165, 1.54) is 0 Å². The number of nitrogens with zero attached hydrogens (tertiary/aromatic N) is 1. The normalized spacial score (nSPS) is 23.5. The largest absolute Gasteiger partial charge is 0.338 e. The van der Waals surface area contributed by atoms with Crippen LogP contribution in [0.4, 0.5) is 0 Å². The van der Waals surface area contributed by atoms with E-state index in [0.717, 1.165) is 41.5 Å². The van der Waals surface area contributed by atoms with Crippen LogP contribution in [0, 0.1) is 12.8 Å². The maximum absolute atomic E-state index is 12.6. The average molecular weight is 325 g/mol. The lowest BCUT2D eigenvalue weighted by Gasteiger charge is -2.36. The topological polar surface area (TPSA) is 46.3 Å². The number of halogens is 1. The van der Waals surface area contributed by atoms with Crippen molar-refractivity contribution in [2.75, 3.05) is 13.1 Å². The van der Waals surface area contributed by atoms with Gasteiger partial charge >= 0.3 is 0 Å². The van der Waals surface area contributed by atoms with E-state index in [9.17, 15) is 4.79 Å². The summed E-state index contributed by atoms with van der Waals surface area (Å²) in [6, 6.07) is 6.09. The van der Waals surface area contributed by atoms with E-state index in [-0.39, 0.29) is 11.9 Å². The Morgan fingerprint density at radius 2 is 2.26 bits per heavy atom. The van der Waals surface area contributed by atoms with E-state index >= 15 is 0 Å². The van der Waals surface area contributed by atoms with Crippen molar-refractivity contribution in [2.45, 2.75) is 32.7 Å². The second-order valence-electron chi connectivity index (χ2n) is 5.33. The van der Waals surface area contributed by atoms with Crippen LogP contribution in [0.15, 0.2) is 22.7 Å². The lowest BCUT2D eigenvalue weighted by molar-refractivity contribution is 0.0648. The summed E-state index contributed by atoms with van der Waals surface area (Å²) in [4.78, 5) is 14.6. The Bertz CT molecular complexity index is 475. The second kappa shape index (κ2) is 6.06. The zero-order valence-corrected chi connectivity index (χ0v) is 13.1. The van der Waals surface area contributed by atoms with E-state index in [1.807, 2.05) is 30.0 Å². The predicted octanol–water partition coefficient (Wildman–Crippen LogP) is 2.96. The van der Waals surface area contributed by atoms with E-state index in [4.69, 9.17) is 5.73 Å². The van der Waals surface area contributed by atoms with Gasteiger partial charge in [-0.2, -0.15) is 0 Å². The first kappa shape index (κ1) is 14.5. The maximum Gasteiger partial charge on any atom is 0.254 e. The molecule has 0 spiro atoms. The summed E-state index contributed by atoms with van der Waals surface area (Å²) < 4.78 is 0.946. The molecule has 1 saturated heterocycles. The highest BCUT2D eigenvalue weighted by Gasteiger charge is 2.29. The first-order valence-electron chi connectivity index (χ1n) is 6.84. The first-order valence-corrected chi connectivity index (χ1v) is 7.63. The van der Waals surface area contributed by atoms with Crippen LogP contribution in [0.25, 0.3) is 0 Å². The minimum absolute atomic E-state index is 0.129. The van der Waals surface area contributed by atoms with Gasteiger partial charge in [0.2, 0.25) is 0 Å². The average Bonchev–Trinajstić information content (AvgIpc) is 2.41. The molecule has 19 heavy (non-hydrogen) atoms. The van der Waals surface area contributed by atoms with Gasteiger partial charge in [0.05, 0.1) is 0 Å². The number of hydrogen-bond acceptors (Lipinski definition) is 2. The Morgan fingerprint density at radius 3 is 2.95 bits per heavy atom. The van der Waals surface area contributed by atoms with Crippen molar-refractivity contribution in [3.63, 3.8) is 0 Å². The Labute approximate surface area is 123 Å². The minimum Gasteiger partial charge on any atom is -0.338 e. The number of piperidine rings is 1. The molecule has 0 saturated carbocycles. The van der Waals surface area contributed by atoms with Gasteiger partial charge in [0.15, 0.2) is 0 Å². The number of carbonyl (C=O) groups excluding carboxylic acids is 1. The Hall–Kier alpha value is -0.870. The zero-order chi connectivity index (χ0) is 14.0. The van der Waals surface area contributed by atoms with Crippen LogP contribution in [0.1, 0.15) is 35.7 Å². The monoisotopic (exact) mass is 324 g/mol. The molecule has 1 aliphatic rings. The molecule has 0 aliphatic carbocycles. The van der Waals surface area contributed by atoms with Crippen molar-refractivity contribution in [2.24, 2.45) is 11.7 Å². The third-order valence-corrected chi connectivity index (χ3v) is 4.53. The summed E-state index contributed by atoms with van der Waals surface area (Å²) in [6.45, 7) is 5.67. The van der Waals surface area contributed by atoms with Gasteiger partial charge < -0.3 is 10.6 Å². The molecule has 0 radical (unpaired) electrons. The molecule has 1 aromatic rings. The van der Waals surface area contributed by atoms with Crippen LogP contribution >= 0.6 is 15.9 Å². The van der Waals surface area contributed by atoms with E-state index in [2.05, 4.69) is 22.9 Å². The molecule has 0 aromatic heterocycles. The van der Waals surface area contributed by atoms with E-state index in [1.54, 1.807) is 0 Å². The summed E-state index contributed by atoms with van der Waals surface area (Å²) in [7, 11) is 0. The molecule has 2 unspecified atom stereocenters. The van der Waals surface area contributed by atoms with Gasteiger partial charge in [-0.1, -0.05) is 35.3 Å². The van der Waals surface area contributed by atoms with Crippen LogP contribution in [0.5, 0.6) is 0 Å². The summed E-state index contributed by atoms with van der Waals surface area (Å²) in [6.07, 6.45) is 1.93. The lowest BCUT2D eigenvalue weighted by atomic mass is 9.90. The lowest BCUT2D eigenvalue weighted by Crippen LogP contribution is -2.49. The molecule has 1 aliphatic heterocycles. The summed E-state index contributed by atoms with van der Waals surface area (Å²) >= 11 is 3.43. The fourth-order valence-electron chi connectivity index (χ4n) is 2.66. The standard InChI is InChI=1S/C15H21BrN2O/c1-3-11-9-18(7-6-14(11)17)15(19)13-8-12(16)5-4-10(13)2/h4-5,8,11,14H,3,6-7,9,17H2,1-2H3. The fourth-order valence-corrected chi connectivity index (χ4v) is 3.02. The third kappa shape index (κ3) is 3.18. The quantitative estimate of drug-likeness (QED) is 0.909. The maximum atomic E-state index is 12.6. The van der Waals surface area contributed by atoms with Crippen LogP contribution in [-0.2, 0) is 0 Å². The molecular weight excluding hydrogens is 304 g/mol. The highest BCUT2D eigenvalue weighted by Crippen LogP contribution is 2.23. The fraction of sp³-hybridized carbons (Fsp3) is 0.533. The van der Waals surface area contributed by atoms with Gasteiger partial charge in [0.1, 0.15) is 0 Å². The van der Waals surface area contributed by atoms with Gasteiger partial charge in [-0.3, -0.25) is 4.79 Å². The molecule has 1 heterocycles. The van der Waals surface area contributed by atoms with E-state index < -0.39 is 0 Å². The number of likely N-dealkylation sites (tertiary alicyclic amines) is 1. The van der Waals surface area contributed by atoms with Crippen molar-refractivity contribution in [1.29, 1.82) is 0 Å². The van der Waals surface area contributed by atoms with Crippen molar-refractivity contribution in [3.05, 3.63) is 33.8 Å². The van der Waals surface area contributed by atoms with Crippen molar-refractivity contribution < 1.29 is 4.79 Å². The Morgan fingerprint density at radius 1 is 1.53 bits per heavy atom. The molecule has 1 amide bonds. The van der Waals surface area contributed by atoms with Crippen molar-refractivity contribution in [1.82, 2.24) is 4.90 Å². The number of rotatable bonds is 2. The number of carbonyl (C=O) groups is 1. The van der Waals surface area contributed by atoms with Crippen molar-refractivity contribution in [3.8, 4) is 0 Å². The zero-order valence-electron chi connectivity index (χ0n) is 11.5. The summed E-state index contributed by atoms with van der Waals surface area (Å²) in [5.74, 6) is 0.550. The molecule has 4 heteroatoms. The molecule has 0 bridgehead atoms. The molecule has 104 valence electrons. The smallest absolute Gasteiger partial charge is 0.254 e.